The zero-order chi connectivity index (χ0) is 10.2. The van der Waals surface area contributed by atoms with Gasteiger partial charge >= 0.3 is 0 Å². The van der Waals surface area contributed by atoms with Crippen molar-refractivity contribution in [2.45, 2.75) is 24.9 Å². The third-order valence-corrected chi connectivity index (χ3v) is 2.74. The number of aromatic nitrogens is 1. The van der Waals surface area contributed by atoms with E-state index in [1.54, 1.807) is 0 Å². The maximum absolute atomic E-state index is 12.9. The molecule has 0 aliphatic heterocycles. The van der Waals surface area contributed by atoms with Crippen molar-refractivity contribution in [2.24, 2.45) is 0 Å². The standard InChI is InChI=1S/C10H12FNO2/c1-14-8-6-12-9(11)5-7(8)10(13)3-2-4-10/h5-6,13H,2-4H2,1H3. The first-order valence-corrected chi connectivity index (χ1v) is 4.58. The highest BCUT2D eigenvalue weighted by atomic mass is 19.1. The summed E-state index contributed by atoms with van der Waals surface area (Å²) in [7, 11) is 1.49. The Hall–Kier alpha value is -1.16. The molecule has 1 aliphatic carbocycles. The fourth-order valence-corrected chi connectivity index (χ4v) is 1.72. The van der Waals surface area contributed by atoms with Crippen molar-refractivity contribution in [3.63, 3.8) is 0 Å². The third kappa shape index (κ3) is 1.35. The minimum Gasteiger partial charge on any atom is -0.495 e. The summed E-state index contributed by atoms with van der Waals surface area (Å²) in [6.07, 6.45) is 3.59. The van der Waals surface area contributed by atoms with Crippen molar-refractivity contribution in [1.29, 1.82) is 0 Å². The highest BCUT2D eigenvalue weighted by Gasteiger charge is 2.39. The van der Waals surface area contributed by atoms with E-state index in [9.17, 15) is 9.50 Å². The lowest BCUT2D eigenvalue weighted by atomic mass is 9.75. The van der Waals surface area contributed by atoms with Crippen molar-refractivity contribution < 1.29 is 14.2 Å². The fraction of sp³-hybridized carbons (Fsp3) is 0.500. The SMILES string of the molecule is COc1cnc(F)cc1C1(O)CCC1. The fourth-order valence-electron chi connectivity index (χ4n) is 1.72. The number of aliphatic hydroxyl groups is 1. The van der Waals surface area contributed by atoms with Crippen molar-refractivity contribution >= 4 is 0 Å². The average molecular weight is 197 g/mol. The Balaban J connectivity index is 2.43. The van der Waals surface area contributed by atoms with E-state index in [4.69, 9.17) is 4.74 Å². The number of hydrogen-bond acceptors (Lipinski definition) is 3. The number of halogens is 1. The molecule has 0 atom stereocenters. The monoisotopic (exact) mass is 197 g/mol. The largest absolute Gasteiger partial charge is 0.495 e. The molecule has 0 amide bonds. The van der Waals surface area contributed by atoms with Crippen LogP contribution in [0.2, 0.25) is 0 Å². The highest BCUT2D eigenvalue weighted by Crippen LogP contribution is 2.44. The Morgan fingerprint density at radius 3 is 2.79 bits per heavy atom. The number of nitrogens with zero attached hydrogens (tertiary/aromatic N) is 1. The molecule has 1 heterocycles. The van der Waals surface area contributed by atoms with E-state index >= 15 is 0 Å². The van der Waals surface area contributed by atoms with Gasteiger partial charge in [0.1, 0.15) is 5.75 Å². The van der Waals surface area contributed by atoms with Crippen LogP contribution in [0.15, 0.2) is 12.3 Å². The summed E-state index contributed by atoms with van der Waals surface area (Å²) in [6, 6.07) is 1.25. The number of ether oxygens (including phenoxy) is 1. The van der Waals surface area contributed by atoms with Gasteiger partial charge in [-0.05, 0) is 19.3 Å². The van der Waals surface area contributed by atoms with Gasteiger partial charge in [-0.15, -0.1) is 0 Å². The Bertz CT molecular complexity index is 350. The molecule has 0 unspecified atom stereocenters. The lowest BCUT2D eigenvalue weighted by Crippen LogP contribution is -2.34. The van der Waals surface area contributed by atoms with Crippen molar-refractivity contribution in [2.75, 3.05) is 7.11 Å². The Morgan fingerprint density at radius 2 is 2.29 bits per heavy atom. The van der Waals surface area contributed by atoms with E-state index in [-0.39, 0.29) is 0 Å². The molecule has 0 aromatic carbocycles. The number of hydrogen-bond donors (Lipinski definition) is 1. The van der Waals surface area contributed by atoms with E-state index in [0.717, 1.165) is 6.42 Å². The van der Waals surface area contributed by atoms with E-state index in [1.165, 1.54) is 19.4 Å². The number of rotatable bonds is 2. The van der Waals surface area contributed by atoms with E-state index in [2.05, 4.69) is 4.98 Å². The summed E-state index contributed by atoms with van der Waals surface area (Å²) in [5, 5.41) is 10.0. The van der Waals surface area contributed by atoms with Crippen LogP contribution in [0.3, 0.4) is 0 Å². The van der Waals surface area contributed by atoms with Crippen LogP contribution >= 0.6 is 0 Å². The zero-order valence-electron chi connectivity index (χ0n) is 7.96. The average Bonchev–Trinajstić information content (AvgIpc) is 2.14. The predicted octanol–water partition coefficient (Wildman–Crippen LogP) is 1.60. The summed E-state index contributed by atoms with van der Waals surface area (Å²) in [4.78, 5) is 3.48. The molecular formula is C10H12FNO2. The maximum Gasteiger partial charge on any atom is 0.213 e. The number of methoxy groups -OCH3 is 1. The lowest BCUT2D eigenvalue weighted by Gasteiger charge is -2.37. The van der Waals surface area contributed by atoms with E-state index in [0.29, 0.717) is 24.2 Å². The first kappa shape index (κ1) is 9.40. The van der Waals surface area contributed by atoms with Crippen molar-refractivity contribution in [1.82, 2.24) is 4.98 Å². The van der Waals surface area contributed by atoms with Gasteiger partial charge in [0, 0.05) is 11.6 Å². The molecule has 4 heteroatoms. The molecule has 0 spiro atoms. The molecule has 14 heavy (non-hydrogen) atoms. The lowest BCUT2D eigenvalue weighted by molar-refractivity contribution is -0.0408. The van der Waals surface area contributed by atoms with Crippen molar-refractivity contribution in [3.8, 4) is 5.75 Å². The van der Waals surface area contributed by atoms with Crippen LogP contribution in [0, 0.1) is 5.95 Å². The van der Waals surface area contributed by atoms with Crippen molar-refractivity contribution in [3.05, 3.63) is 23.8 Å². The van der Waals surface area contributed by atoms with Gasteiger partial charge in [0.2, 0.25) is 5.95 Å². The topological polar surface area (TPSA) is 42.4 Å². The molecule has 3 nitrogen and oxygen atoms in total. The first-order chi connectivity index (χ1) is 6.65. The Labute approximate surface area is 81.5 Å². The summed E-state index contributed by atoms with van der Waals surface area (Å²) < 4.78 is 17.9. The van der Waals surface area contributed by atoms with Crippen LogP contribution in [-0.4, -0.2) is 17.2 Å². The quantitative estimate of drug-likeness (QED) is 0.732. The number of pyridine rings is 1. The molecule has 1 aromatic heterocycles. The summed E-state index contributed by atoms with van der Waals surface area (Å²) in [5.41, 5.74) is -0.395. The molecule has 2 rings (SSSR count). The van der Waals surface area contributed by atoms with Crippen LogP contribution in [0.5, 0.6) is 5.75 Å². The minimum absolute atomic E-state index is 0.452. The van der Waals surface area contributed by atoms with Gasteiger partial charge in [-0.3, -0.25) is 0 Å². The van der Waals surface area contributed by atoms with Crippen LogP contribution in [0.4, 0.5) is 4.39 Å². The molecule has 1 aromatic rings. The molecule has 76 valence electrons. The van der Waals surface area contributed by atoms with Gasteiger partial charge in [0.05, 0.1) is 18.9 Å². The molecular weight excluding hydrogens is 185 g/mol. The summed E-state index contributed by atoms with van der Waals surface area (Å²) in [6.45, 7) is 0. The molecule has 1 N–H and O–H groups in total. The van der Waals surface area contributed by atoms with Gasteiger partial charge in [-0.1, -0.05) is 0 Å². The van der Waals surface area contributed by atoms with Gasteiger partial charge in [-0.2, -0.15) is 4.39 Å². The van der Waals surface area contributed by atoms with Crippen LogP contribution in [0.25, 0.3) is 0 Å². The molecule has 1 aliphatic rings. The van der Waals surface area contributed by atoms with Crippen LogP contribution in [-0.2, 0) is 5.60 Å². The first-order valence-electron chi connectivity index (χ1n) is 4.58. The van der Waals surface area contributed by atoms with Gasteiger partial charge < -0.3 is 9.84 Å². The normalized spacial score (nSPS) is 18.8. The highest BCUT2D eigenvalue weighted by molar-refractivity contribution is 5.36. The predicted molar refractivity (Wildman–Crippen MR) is 48.5 cm³/mol. The molecule has 0 bridgehead atoms. The Kier molecular flexibility index (Phi) is 2.15. The second kappa shape index (κ2) is 3.20. The van der Waals surface area contributed by atoms with Crippen LogP contribution < -0.4 is 4.74 Å². The van der Waals surface area contributed by atoms with Crippen LogP contribution in [0.1, 0.15) is 24.8 Å². The van der Waals surface area contributed by atoms with E-state index < -0.39 is 11.5 Å². The second-order valence-electron chi connectivity index (χ2n) is 3.59. The second-order valence-corrected chi connectivity index (χ2v) is 3.59. The smallest absolute Gasteiger partial charge is 0.213 e. The molecule has 0 radical (unpaired) electrons. The van der Waals surface area contributed by atoms with Gasteiger partial charge in [0.15, 0.2) is 0 Å². The zero-order valence-corrected chi connectivity index (χ0v) is 7.96. The summed E-state index contributed by atoms with van der Waals surface area (Å²) in [5.74, 6) is -0.130. The van der Waals surface area contributed by atoms with E-state index in [1.807, 2.05) is 0 Å². The Morgan fingerprint density at radius 1 is 1.57 bits per heavy atom. The summed E-state index contributed by atoms with van der Waals surface area (Å²) >= 11 is 0. The minimum atomic E-state index is -0.908. The maximum atomic E-state index is 12.9. The molecule has 1 saturated carbocycles. The van der Waals surface area contributed by atoms with Gasteiger partial charge in [0.25, 0.3) is 0 Å². The molecule has 1 fully saturated rings. The van der Waals surface area contributed by atoms with Gasteiger partial charge in [-0.25, -0.2) is 4.98 Å². The molecule has 0 saturated heterocycles. The third-order valence-electron chi connectivity index (χ3n) is 2.74.